The van der Waals surface area contributed by atoms with Crippen LogP contribution in [-0.4, -0.2) is 11.7 Å². The zero-order chi connectivity index (χ0) is 20.2. The van der Waals surface area contributed by atoms with Crippen molar-refractivity contribution in [3.63, 3.8) is 0 Å². The van der Waals surface area contributed by atoms with Crippen molar-refractivity contribution in [1.29, 1.82) is 0 Å². The highest BCUT2D eigenvalue weighted by atomic mass is 35.5. The number of rotatable bonds is 4. The summed E-state index contributed by atoms with van der Waals surface area (Å²) in [6.45, 7) is 0. The van der Waals surface area contributed by atoms with Gasteiger partial charge < -0.3 is 5.32 Å². The van der Waals surface area contributed by atoms with Gasteiger partial charge in [0.1, 0.15) is 0 Å². The number of halogens is 1. The summed E-state index contributed by atoms with van der Waals surface area (Å²) in [6.07, 6.45) is 5.69. The number of anilines is 1. The first-order chi connectivity index (χ1) is 14.1. The molecule has 0 aliphatic heterocycles. The lowest BCUT2D eigenvalue weighted by Crippen LogP contribution is -2.07. The summed E-state index contributed by atoms with van der Waals surface area (Å²) in [5, 5.41) is 3.41. The van der Waals surface area contributed by atoms with Crippen LogP contribution in [0.3, 0.4) is 0 Å². The van der Waals surface area contributed by atoms with Gasteiger partial charge in [0.05, 0.1) is 0 Å². The van der Waals surface area contributed by atoms with Gasteiger partial charge in [-0.15, -0.1) is 0 Å². The van der Waals surface area contributed by atoms with Crippen LogP contribution in [0, 0.1) is 0 Å². The fraction of sp³-hybridized carbons (Fsp3) is 0.0400. The fourth-order valence-corrected chi connectivity index (χ4v) is 3.49. The van der Waals surface area contributed by atoms with Crippen molar-refractivity contribution in [3.8, 4) is 0 Å². The molecule has 142 valence electrons. The molecule has 1 N–H and O–H groups in total. The zero-order valence-electron chi connectivity index (χ0n) is 15.6. The smallest absolute Gasteiger partial charge is 0.248 e. The van der Waals surface area contributed by atoms with Gasteiger partial charge in [-0.25, -0.2) is 0 Å². The molecule has 1 amide bonds. The second-order valence-corrected chi connectivity index (χ2v) is 7.21. The van der Waals surface area contributed by atoms with Gasteiger partial charge in [-0.3, -0.25) is 9.59 Å². The topological polar surface area (TPSA) is 46.2 Å². The Balaban J connectivity index is 1.42. The molecule has 0 fully saturated rings. The van der Waals surface area contributed by atoms with Gasteiger partial charge in [0.2, 0.25) is 5.91 Å². The summed E-state index contributed by atoms with van der Waals surface area (Å²) in [4.78, 5) is 24.6. The number of amides is 1. The Hall–Kier alpha value is -3.43. The van der Waals surface area contributed by atoms with Crippen LogP contribution >= 0.6 is 11.6 Å². The molecule has 1 aliphatic rings. The fourth-order valence-electron chi connectivity index (χ4n) is 3.29. The lowest BCUT2D eigenvalue weighted by Gasteiger charge is -2.03. The number of fused-ring (bicyclic) bond motifs is 1. The summed E-state index contributed by atoms with van der Waals surface area (Å²) in [7, 11) is 0. The van der Waals surface area contributed by atoms with E-state index < -0.39 is 0 Å². The highest BCUT2D eigenvalue weighted by molar-refractivity contribution is 6.32. The normalized spacial score (nSPS) is 14.4. The standard InChI is InChI=1S/C25H18ClNO2/c26-23-8-4-2-5-18(23)11-14-24(28)27-21-12-9-17(10-13-21)15-20-16-19-6-1-3-7-22(19)25(20)29/h1-15H,16H2,(H,27,28)/b14-11+,20-15+. The van der Waals surface area contributed by atoms with E-state index in [1.54, 1.807) is 12.1 Å². The molecule has 0 unspecified atom stereocenters. The number of Topliss-reactive ketones (excluding diaryl/α,β-unsaturated/α-hetero) is 1. The molecule has 0 radical (unpaired) electrons. The Morgan fingerprint density at radius 3 is 2.41 bits per heavy atom. The molecule has 3 aromatic carbocycles. The molecule has 3 aromatic rings. The highest BCUT2D eigenvalue weighted by Crippen LogP contribution is 2.27. The summed E-state index contributed by atoms with van der Waals surface area (Å²) in [5.41, 5.74) is 5.03. The van der Waals surface area contributed by atoms with E-state index >= 15 is 0 Å². The zero-order valence-corrected chi connectivity index (χ0v) is 16.3. The van der Waals surface area contributed by atoms with Crippen LogP contribution in [0.2, 0.25) is 5.02 Å². The third-order valence-corrected chi connectivity index (χ3v) is 5.12. The molecule has 1 aliphatic carbocycles. The Morgan fingerprint density at radius 2 is 1.66 bits per heavy atom. The minimum absolute atomic E-state index is 0.0858. The number of hydrogen-bond donors (Lipinski definition) is 1. The van der Waals surface area contributed by atoms with E-state index in [1.807, 2.05) is 72.8 Å². The first-order valence-corrected chi connectivity index (χ1v) is 9.65. The highest BCUT2D eigenvalue weighted by Gasteiger charge is 2.23. The summed E-state index contributed by atoms with van der Waals surface area (Å²) in [5.74, 6) is -0.153. The lowest BCUT2D eigenvalue weighted by atomic mass is 10.1. The van der Waals surface area contributed by atoms with Gasteiger partial charge in [0.15, 0.2) is 5.78 Å². The maximum atomic E-state index is 12.5. The first kappa shape index (κ1) is 18.9. The molecule has 0 spiro atoms. The predicted octanol–water partition coefficient (Wildman–Crippen LogP) is 5.81. The van der Waals surface area contributed by atoms with Crippen molar-refractivity contribution in [3.05, 3.63) is 112 Å². The number of benzene rings is 3. The summed E-state index contributed by atoms with van der Waals surface area (Å²) in [6, 6.07) is 22.4. The van der Waals surface area contributed by atoms with Crippen molar-refractivity contribution < 1.29 is 9.59 Å². The predicted molar refractivity (Wildman–Crippen MR) is 118 cm³/mol. The molecule has 4 rings (SSSR count). The SMILES string of the molecule is O=C(/C=C/c1ccccc1Cl)Nc1ccc(/C=C2\Cc3ccccc3C2=O)cc1. The van der Waals surface area contributed by atoms with Gasteiger partial charge in [0.25, 0.3) is 0 Å². The molecule has 0 aromatic heterocycles. The van der Waals surface area contributed by atoms with E-state index in [9.17, 15) is 9.59 Å². The van der Waals surface area contributed by atoms with E-state index in [1.165, 1.54) is 6.08 Å². The minimum atomic E-state index is -0.238. The Morgan fingerprint density at radius 1 is 0.931 bits per heavy atom. The van der Waals surface area contributed by atoms with E-state index in [0.29, 0.717) is 17.1 Å². The van der Waals surface area contributed by atoms with Crippen molar-refractivity contribution >= 4 is 41.1 Å². The van der Waals surface area contributed by atoms with Gasteiger partial charge in [0, 0.05) is 34.3 Å². The largest absolute Gasteiger partial charge is 0.323 e. The maximum absolute atomic E-state index is 12.5. The second-order valence-electron chi connectivity index (χ2n) is 6.80. The van der Waals surface area contributed by atoms with Gasteiger partial charge in [-0.2, -0.15) is 0 Å². The quantitative estimate of drug-likeness (QED) is 0.562. The van der Waals surface area contributed by atoms with E-state index in [4.69, 9.17) is 11.6 Å². The number of carbonyl (C=O) groups is 2. The van der Waals surface area contributed by atoms with Crippen LogP contribution in [0.1, 0.15) is 27.0 Å². The first-order valence-electron chi connectivity index (χ1n) is 9.27. The van der Waals surface area contributed by atoms with Crippen molar-refractivity contribution in [2.24, 2.45) is 0 Å². The Bertz CT molecular complexity index is 1140. The molecule has 0 saturated heterocycles. The lowest BCUT2D eigenvalue weighted by molar-refractivity contribution is -0.111. The number of ketones is 1. The summed E-state index contributed by atoms with van der Waals surface area (Å²) < 4.78 is 0. The maximum Gasteiger partial charge on any atom is 0.248 e. The van der Waals surface area contributed by atoms with Crippen LogP contribution < -0.4 is 5.32 Å². The van der Waals surface area contributed by atoms with Gasteiger partial charge >= 0.3 is 0 Å². The average molecular weight is 400 g/mol. The molecule has 4 heteroatoms. The van der Waals surface area contributed by atoms with Gasteiger partial charge in [-0.1, -0.05) is 66.2 Å². The Kier molecular flexibility index (Phi) is 5.41. The van der Waals surface area contributed by atoms with Gasteiger partial charge in [-0.05, 0) is 47.0 Å². The molecule has 3 nitrogen and oxygen atoms in total. The van der Waals surface area contributed by atoms with Crippen molar-refractivity contribution in [2.75, 3.05) is 5.32 Å². The van der Waals surface area contributed by atoms with Crippen LogP contribution in [-0.2, 0) is 11.2 Å². The third kappa shape index (κ3) is 4.36. The second kappa shape index (κ2) is 8.29. The molecule has 0 atom stereocenters. The van der Waals surface area contributed by atoms with Crippen LogP contribution in [0.4, 0.5) is 5.69 Å². The number of carbonyl (C=O) groups excluding carboxylic acids is 2. The molecule has 29 heavy (non-hydrogen) atoms. The molecule has 0 heterocycles. The van der Waals surface area contributed by atoms with Crippen LogP contribution in [0.5, 0.6) is 0 Å². The number of hydrogen-bond acceptors (Lipinski definition) is 2. The third-order valence-electron chi connectivity index (χ3n) is 4.77. The van der Waals surface area contributed by atoms with Crippen molar-refractivity contribution in [2.45, 2.75) is 6.42 Å². The van der Waals surface area contributed by atoms with E-state index in [2.05, 4.69) is 5.32 Å². The molecule has 0 bridgehead atoms. The number of nitrogens with one attached hydrogen (secondary N) is 1. The van der Waals surface area contributed by atoms with E-state index in [0.717, 1.165) is 27.8 Å². The molecular weight excluding hydrogens is 382 g/mol. The Labute approximate surface area is 174 Å². The minimum Gasteiger partial charge on any atom is -0.323 e. The van der Waals surface area contributed by atoms with Crippen LogP contribution in [0.15, 0.2) is 84.4 Å². The molecule has 0 saturated carbocycles. The van der Waals surface area contributed by atoms with E-state index in [-0.39, 0.29) is 11.7 Å². The summed E-state index contributed by atoms with van der Waals surface area (Å²) >= 11 is 6.08. The van der Waals surface area contributed by atoms with Crippen molar-refractivity contribution in [1.82, 2.24) is 0 Å². The number of allylic oxidation sites excluding steroid dienone is 1. The van der Waals surface area contributed by atoms with Crippen LogP contribution in [0.25, 0.3) is 12.2 Å². The monoisotopic (exact) mass is 399 g/mol. The average Bonchev–Trinajstić information content (AvgIpc) is 3.04. The molecular formula is C25H18ClNO2.